The van der Waals surface area contributed by atoms with Gasteiger partial charge in [0.1, 0.15) is 5.82 Å². The molecule has 0 spiro atoms. The first-order chi connectivity index (χ1) is 6.84. The molecule has 2 rings (SSSR count). The fourth-order valence-electron chi connectivity index (χ4n) is 1.75. The summed E-state index contributed by atoms with van der Waals surface area (Å²) in [5.74, 6) is -0.180. The molecule has 1 aliphatic heterocycles. The quantitative estimate of drug-likeness (QED) is 0.816. The van der Waals surface area contributed by atoms with E-state index < -0.39 is 0 Å². The summed E-state index contributed by atoms with van der Waals surface area (Å²) < 4.78 is 12.6. The molecule has 2 N–H and O–H groups in total. The van der Waals surface area contributed by atoms with Gasteiger partial charge in [-0.3, -0.25) is 0 Å². The molecule has 1 heterocycles. The lowest BCUT2D eigenvalue weighted by molar-refractivity contribution is 0.479. The second-order valence-electron chi connectivity index (χ2n) is 3.68. The highest BCUT2D eigenvalue weighted by Crippen LogP contribution is 2.13. The Balaban J connectivity index is 0.00000112. The van der Waals surface area contributed by atoms with Gasteiger partial charge in [0.05, 0.1) is 0 Å². The standard InChI is InChI=1S/C11H15FN2.ClH/c12-9-1-3-10(4-2-9)14-11-5-7-13-8-6-11;/h1-4,11,13-14H,5-8H2;1H. The van der Waals surface area contributed by atoms with Gasteiger partial charge >= 0.3 is 0 Å². The van der Waals surface area contributed by atoms with E-state index in [4.69, 9.17) is 0 Å². The van der Waals surface area contributed by atoms with Crippen molar-refractivity contribution in [2.45, 2.75) is 18.9 Å². The zero-order valence-electron chi connectivity index (χ0n) is 8.50. The first-order valence-corrected chi connectivity index (χ1v) is 5.07. The maximum absolute atomic E-state index is 12.6. The van der Waals surface area contributed by atoms with Crippen LogP contribution in [0.3, 0.4) is 0 Å². The molecule has 1 aromatic carbocycles. The molecule has 0 aromatic heterocycles. The van der Waals surface area contributed by atoms with E-state index >= 15 is 0 Å². The van der Waals surface area contributed by atoms with Crippen molar-refractivity contribution >= 4 is 18.1 Å². The topological polar surface area (TPSA) is 24.1 Å². The van der Waals surface area contributed by atoms with Crippen LogP contribution >= 0.6 is 12.4 Å². The van der Waals surface area contributed by atoms with Crippen molar-refractivity contribution in [1.82, 2.24) is 5.32 Å². The van der Waals surface area contributed by atoms with Crippen LogP contribution in [0.25, 0.3) is 0 Å². The Labute approximate surface area is 95.7 Å². The second-order valence-corrected chi connectivity index (χ2v) is 3.68. The van der Waals surface area contributed by atoms with E-state index in [2.05, 4.69) is 10.6 Å². The fraction of sp³-hybridized carbons (Fsp3) is 0.455. The maximum atomic E-state index is 12.6. The number of nitrogens with one attached hydrogen (secondary N) is 2. The molecule has 0 amide bonds. The number of benzene rings is 1. The average Bonchev–Trinajstić information content (AvgIpc) is 2.23. The van der Waals surface area contributed by atoms with Gasteiger partial charge in [-0.25, -0.2) is 4.39 Å². The lowest BCUT2D eigenvalue weighted by Crippen LogP contribution is -2.35. The number of hydrogen-bond donors (Lipinski definition) is 2. The molecule has 84 valence electrons. The van der Waals surface area contributed by atoms with E-state index in [1.165, 1.54) is 12.1 Å². The van der Waals surface area contributed by atoms with Gasteiger partial charge in [-0.1, -0.05) is 0 Å². The highest BCUT2D eigenvalue weighted by atomic mass is 35.5. The molecule has 1 aliphatic rings. The lowest BCUT2D eigenvalue weighted by Gasteiger charge is -2.24. The minimum atomic E-state index is -0.180. The van der Waals surface area contributed by atoms with Crippen molar-refractivity contribution in [2.24, 2.45) is 0 Å². The third-order valence-electron chi connectivity index (χ3n) is 2.55. The van der Waals surface area contributed by atoms with Crippen LogP contribution in [-0.4, -0.2) is 19.1 Å². The molecule has 1 saturated heterocycles. The third kappa shape index (κ3) is 3.68. The van der Waals surface area contributed by atoms with Crippen LogP contribution in [0, 0.1) is 5.82 Å². The number of halogens is 2. The highest BCUT2D eigenvalue weighted by molar-refractivity contribution is 5.85. The zero-order valence-corrected chi connectivity index (χ0v) is 9.32. The van der Waals surface area contributed by atoms with Crippen LogP contribution in [0.5, 0.6) is 0 Å². The Kier molecular flexibility index (Phi) is 4.85. The molecule has 0 atom stereocenters. The van der Waals surface area contributed by atoms with Crippen molar-refractivity contribution in [3.8, 4) is 0 Å². The van der Waals surface area contributed by atoms with Crippen LogP contribution in [0.2, 0.25) is 0 Å². The van der Waals surface area contributed by atoms with Crippen molar-refractivity contribution in [3.63, 3.8) is 0 Å². The van der Waals surface area contributed by atoms with Crippen molar-refractivity contribution in [3.05, 3.63) is 30.1 Å². The molecule has 0 radical (unpaired) electrons. The van der Waals surface area contributed by atoms with Crippen molar-refractivity contribution in [1.29, 1.82) is 0 Å². The molecule has 2 nitrogen and oxygen atoms in total. The smallest absolute Gasteiger partial charge is 0.123 e. The minimum absolute atomic E-state index is 0. The Morgan fingerprint density at radius 1 is 1.13 bits per heavy atom. The Morgan fingerprint density at radius 3 is 2.33 bits per heavy atom. The normalized spacial score (nSPS) is 16.9. The lowest BCUT2D eigenvalue weighted by atomic mass is 10.1. The summed E-state index contributed by atoms with van der Waals surface area (Å²) in [5.41, 5.74) is 1.01. The van der Waals surface area contributed by atoms with E-state index in [0.717, 1.165) is 31.6 Å². The molecule has 0 bridgehead atoms. The van der Waals surface area contributed by atoms with E-state index in [-0.39, 0.29) is 18.2 Å². The highest BCUT2D eigenvalue weighted by Gasteiger charge is 2.11. The molecule has 4 heteroatoms. The molecule has 0 aliphatic carbocycles. The van der Waals surface area contributed by atoms with E-state index in [0.29, 0.717) is 6.04 Å². The summed E-state index contributed by atoms with van der Waals surface area (Å²) in [6.07, 6.45) is 2.27. The van der Waals surface area contributed by atoms with Gasteiger partial charge in [-0.15, -0.1) is 12.4 Å². The number of rotatable bonds is 2. The molecule has 1 fully saturated rings. The van der Waals surface area contributed by atoms with Gasteiger partial charge in [-0.05, 0) is 50.2 Å². The van der Waals surface area contributed by atoms with Gasteiger partial charge < -0.3 is 10.6 Å². The van der Waals surface area contributed by atoms with Crippen LogP contribution in [0.4, 0.5) is 10.1 Å². The molecule has 15 heavy (non-hydrogen) atoms. The first-order valence-electron chi connectivity index (χ1n) is 5.07. The Hall–Kier alpha value is -0.800. The maximum Gasteiger partial charge on any atom is 0.123 e. The molecular formula is C11H16ClFN2. The fourth-order valence-corrected chi connectivity index (χ4v) is 1.75. The monoisotopic (exact) mass is 230 g/mol. The second kappa shape index (κ2) is 5.93. The number of hydrogen-bond acceptors (Lipinski definition) is 2. The molecular weight excluding hydrogens is 215 g/mol. The zero-order chi connectivity index (χ0) is 9.80. The van der Waals surface area contributed by atoms with E-state index in [1.54, 1.807) is 12.1 Å². The summed E-state index contributed by atoms with van der Waals surface area (Å²) >= 11 is 0. The Morgan fingerprint density at radius 2 is 1.73 bits per heavy atom. The summed E-state index contributed by atoms with van der Waals surface area (Å²) in [7, 11) is 0. The first kappa shape index (κ1) is 12.3. The summed E-state index contributed by atoms with van der Waals surface area (Å²) in [4.78, 5) is 0. The van der Waals surface area contributed by atoms with Gasteiger partial charge in [0.2, 0.25) is 0 Å². The average molecular weight is 231 g/mol. The largest absolute Gasteiger partial charge is 0.382 e. The van der Waals surface area contributed by atoms with Crippen molar-refractivity contribution < 1.29 is 4.39 Å². The summed E-state index contributed by atoms with van der Waals surface area (Å²) in [6, 6.07) is 7.09. The molecule has 0 unspecified atom stereocenters. The summed E-state index contributed by atoms with van der Waals surface area (Å²) in [6.45, 7) is 2.14. The van der Waals surface area contributed by atoms with Crippen LogP contribution in [-0.2, 0) is 0 Å². The molecule has 0 saturated carbocycles. The van der Waals surface area contributed by atoms with Gasteiger partial charge in [0.25, 0.3) is 0 Å². The molecule has 1 aromatic rings. The predicted octanol–water partition coefficient (Wildman–Crippen LogP) is 2.41. The van der Waals surface area contributed by atoms with Crippen LogP contribution in [0.1, 0.15) is 12.8 Å². The summed E-state index contributed by atoms with van der Waals surface area (Å²) in [5, 5.41) is 6.71. The van der Waals surface area contributed by atoms with E-state index in [9.17, 15) is 4.39 Å². The number of anilines is 1. The number of piperidine rings is 1. The van der Waals surface area contributed by atoms with Crippen LogP contribution in [0.15, 0.2) is 24.3 Å². The minimum Gasteiger partial charge on any atom is -0.382 e. The van der Waals surface area contributed by atoms with Gasteiger partial charge in [0, 0.05) is 11.7 Å². The predicted molar refractivity (Wildman–Crippen MR) is 63.2 cm³/mol. The van der Waals surface area contributed by atoms with Crippen LogP contribution < -0.4 is 10.6 Å². The van der Waals surface area contributed by atoms with Gasteiger partial charge in [-0.2, -0.15) is 0 Å². The van der Waals surface area contributed by atoms with E-state index in [1.807, 2.05) is 0 Å². The third-order valence-corrected chi connectivity index (χ3v) is 2.55. The Bertz CT molecular complexity index is 283. The van der Waals surface area contributed by atoms with Gasteiger partial charge in [0.15, 0.2) is 0 Å². The SMILES string of the molecule is Cl.Fc1ccc(NC2CCNCC2)cc1. The van der Waals surface area contributed by atoms with Crippen molar-refractivity contribution in [2.75, 3.05) is 18.4 Å².